The van der Waals surface area contributed by atoms with E-state index < -0.39 is 21.7 Å². The van der Waals surface area contributed by atoms with Crippen LogP contribution in [0.1, 0.15) is 17.3 Å². The molecule has 0 bridgehead atoms. The molecule has 6 aromatic rings. The summed E-state index contributed by atoms with van der Waals surface area (Å²) in [6, 6.07) is 18.1. The first-order valence-electron chi connectivity index (χ1n) is 13.4. The van der Waals surface area contributed by atoms with Gasteiger partial charge in [0.25, 0.3) is 5.91 Å². The second-order valence-corrected chi connectivity index (χ2v) is 12.0. The van der Waals surface area contributed by atoms with Gasteiger partial charge in [-0.1, -0.05) is 0 Å². The van der Waals surface area contributed by atoms with E-state index >= 15 is 0 Å². The molecule has 0 saturated carbocycles. The molecule has 0 unspecified atom stereocenters. The molecule has 0 aliphatic carbocycles. The Hall–Kier alpha value is -5.23. The third-order valence-corrected chi connectivity index (χ3v) is 8.71. The lowest BCUT2D eigenvalue weighted by Crippen LogP contribution is -2.18. The Bertz CT molecular complexity index is 2190. The number of hydrogen-bond donors (Lipinski definition) is 2. The van der Waals surface area contributed by atoms with Gasteiger partial charge in [-0.2, -0.15) is 0 Å². The average Bonchev–Trinajstić information content (AvgIpc) is 3.59. The quantitative estimate of drug-likeness (QED) is 0.249. The molecule has 12 heteroatoms. The minimum Gasteiger partial charge on any atom is -0.470 e. The molecule has 1 amide bonds. The van der Waals surface area contributed by atoms with Crippen molar-refractivity contribution in [3.8, 4) is 39.7 Å². The molecule has 0 radical (unpaired) electrons. The summed E-state index contributed by atoms with van der Waals surface area (Å²) >= 11 is 0. The number of aromatic nitrogens is 3. The predicted octanol–water partition coefficient (Wildman–Crippen LogP) is 5.79. The molecule has 10 nitrogen and oxygen atoms in total. The number of pyridine rings is 2. The molecule has 0 fully saturated rings. The van der Waals surface area contributed by atoms with Crippen LogP contribution in [0.3, 0.4) is 0 Å². The monoisotopic (exact) mass is 597 g/mol. The third-order valence-electron chi connectivity index (χ3n) is 7.42. The molecular weight excluding hydrogens is 573 g/mol. The smallest absolute Gasteiger partial charge is 0.255 e. The van der Waals surface area contributed by atoms with Crippen molar-refractivity contribution in [2.75, 3.05) is 17.5 Å². The van der Waals surface area contributed by atoms with Crippen molar-refractivity contribution in [2.45, 2.75) is 13.7 Å². The summed E-state index contributed by atoms with van der Waals surface area (Å²) in [5.74, 6) is -0.221. The number of nitrogens with one attached hydrogen (secondary N) is 2. The second kappa shape index (κ2) is 9.95. The minimum absolute atomic E-state index is 0.161. The average molecular weight is 598 g/mol. The zero-order valence-corrected chi connectivity index (χ0v) is 23.8. The number of furan rings is 1. The Balaban J connectivity index is 1.47. The van der Waals surface area contributed by atoms with Crippen LogP contribution in [-0.2, 0) is 16.8 Å². The number of sulfonamides is 1. The lowest BCUT2D eigenvalue weighted by atomic mass is 10.0. The number of fused-ring (bicyclic) bond motifs is 6. The van der Waals surface area contributed by atoms with Crippen molar-refractivity contribution < 1.29 is 26.8 Å². The third kappa shape index (κ3) is 4.47. The maximum absolute atomic E-state index is 13.7. The molecule has 0 spiro atoms. The van der Waals surface area contributed by atoms with Crippen molar-refractivity contribution in [1.82, 2.24) is 19.9 Å². The van der Waals surface area contributed by atoms with Crippen molar-refractivity contribution in [1.29, 1.82) is 0 Å². The highest BCUT2D eigenvalue weighted by molar-refractivity contribution is 7.92. The van der Waals surface area contributed by atoms with Crippen LogP contribution in [0, 0.1) is 5.82 Å². The van der Waals surface area contributed by atoms with Gasteiger partial charge in [-0.15, -0.1) is 0 Å². The summed E-state index contributed by atoms with van der Waals surface area (Å²) in [6.07, 6.45) is 1.71. The van der Waals surface area contributed by atoms with Crippen LogP contribution in [0.4, 0.5) is 10.1 Å². The zero-order valence-electron chi connectivity index (χ0n) is 23.0. The molecule has 0 saturated heterocycles. The Labute approximate surface area is 245 Å². The highest BCUT2D eigenvalue weighted by Crippen LogP contribution is 2.42. The van der Waals surface area contributed by atoms with Crippen LogP contribution in [0.2, 0.25) is 0 Å². The van der Waals surface area contributed by atoms with Gasteiger partial charge in [-0.05, 0) is 67.6 Å². The topological polar surface area (TPSA) is 128 Å². The van der Waals surface area contributed by atoms with E-state index in [2.05, 4.69) is 15.0 Å². The Morgan fingerprint density at radius 1 is 1.09 bits per heavy atom. The number of amides is 1. The summed E-state index contributed by atoms with van der Waals surface area (Å²) in [5.41, 5.74) is 4.20. The SMILES string of the molecule is CCS(=O)(=O)Nc1cc2oc(-c3ccc(F)cc3)c(C(=O)NC)c2cc1-c1ccc2c(n1)-c1cc3cccnc3n1CO2. The fourth-order valence-electron chi connectivity index (χ4n) is 5.28. The van der Waals surface area contributed by atoms with Gasteiger partial charge in [0, 0.05) is 41.2 Å². The first-order valence-corrected chi connectivity index (χ1v) is 15.1. The summed E-state index contributed by atoms with van der Waals surface area (Å²) < 4.78 is 55.9. The Kier molecular flexibility index (Phi) is 6.17. The lowest BCUT2D eigenvalue weighted by Gasteiger charge is -2.21. The van der Waals surface area contributed by atoms with Crippen LogP contribution in [0.5, 0.6) is 5.75 Å². The van der Waals surface area contributed by atoms with Gasteiger partial charge >= 0.3 is 0 Å². The van der Waals surface area contributed by atoms with Gasteiger partial charge in [-0.3, -0.25) is 14.1 Å². The standard InChI is InChI=1S/C31H24FN5O5S/c1-3-43(39,40)36-23-15-26-21(27(31(38)33-2)29(42-26)17-6-8-19(32)9-7-17)14-20(23)22-10-11-25-28(35-22)24-13-18-5-4-12-34-30(18)37(24)16-41-25/h4-15,36H,3,16H2,1-2H3,(H,33,38). The molecule has 0 atom stereocenters. The summed E-state index contributed by atoms with van der Waals surface area (Å²) in [6.45, 7) is 1.80. The van der Waals surface area contributed by atoms with Gasteiger partial charge in [0.05, 0.1) is 28.4 Å². The largest absolute Gasteiger partial charge is 0.470 e. The highest BCUT2D eigenvalue weighted by Gasteiger charge is 2.27. The van der Waals surface area contributed by atoms with Crippen molar-refractivity contribution >= 4 is 43.6 Å². The number of ether oxygens (including phenoxy) is 1. The number of benzene rings is 2. The van der Waals surface area contributed by atoms with E-state index in [1.807, 2.05) is 22.8 Å². The van der Waals surface area contributed by atoms with Crippen LogP contribution < -0.4 is 14.8 Å². The predicted molar refractivity (Wildman–Crippen MR) is 161 cm³/mol. The van der Waals surface area contributed by atoms with E-state index in [0.717, 1.165) is 16.7 Å². The molecule has 5 heterocycles. The zero-order chi connectivity index (χ0) is 29.9. The maximum Gasteiger partial charge on any atom is 0.255 e. The molecular formula is C31H24FN5O5S. The minimum atomic E-state index is -3.71. The van der Waals surface area contributed by atoms with Crippen LogP contribution in [0.25, 0.3) is 56.0 Å². The molecule has 7 rings (SSSR count). The normalized spacial score (nSPS) is 12.5. The van der Waals surface area contributed by atoms with Crippen LogP contribution in [-0.4, -0.2) is 41.7 Å². The summed E-state index contributed by atoms with van der Waals surface area (Å²) in [5, 5.41) is 4.01. The highest BCUT2D eigenvalue weighted by atomic mass is 32.2. The molecule has 43 heavy (non-hydrogen) atoms. The van der Waals surface area contributed by atoms with Gasteiger partial charge in [0.15, 0.2) is 6.73 Å². The van der Waals surface area contributed by atoms with E-state index in [1.54, 1.807) is 24.4 Å². The Morgan fingerprint density at radius 3 is 2.67 bits per heavy atom. The second-order valence-electron chi connectivity index (χ2n) is 9.98. The van der Waals surface area contributed by atoms with E-state index in [-0.39, 0.29) is 35.1 Å². The van der Waals surface area contributed by atoms with Gasteiger partial charge in [-0.25, -0.2) is 22.8 Å². The van der Waals surface area contributed by atoms with E-state index in [4.69, 9.17) is 14.1 Å². The van der Waals surface area contributed by atoms with Crippen molar-refractivity contribution in [3.63, 3.8) is 0 Å². The fraction of sp³-hybridized carbons (Fsp3) is 0.129. The van der Waals surface area contributed by atoms with Crippen LogP contribution >= 0.6 is 0 Å². The molecule has 1 aliphatic rings. The summed E-state index contributed by atoms with van der Waals surface area (Å²) in [7, 11) is -2.21. The molecule has 1 aliphatic heterocycles. The fourth-order valence-corrected chi connectivity index (χ4v) is 5.93. The number of anilines is 1. The maximum atomic E-state index is 13.7. The molecule has 2 aromatic carbocycles. The van der Waals surface area contributed by atoms with Gasteiger partial charge in [0.1, 0.15) is 34.3 Å². The van der Waals surface area contributed by atoms with E-state index in [1.165, 1.54) is 44.3 Å². The molecule has 2 N–H and O–H groups in total. The van der Waals surface area contributed by atoms with Crippen LogP contribution in [0.15, 0.2) is 77.3 Å². The first-order chi connectivity index (χ1) is 20.8. The molecule has 4 aromatic heterocycles. The van der Waals surface area contributed by atoms with Crippen molar-refractivity contribution in [3.05, 3.63) is 84.3 Å². The first kappa shape index (κ1) is 26.7. The van der Waals surface area contributed by atoms with Gasteiger partial charge < -0.3 is 14.5 Å². The van der Waals surface area contributed by atoms with E-state index in [0.29, 0.717) is 33.7 Å². The number of carbonyl (C=O) groups excluding carboxylic acids is 1. The number of halogens is 1. The number of hydrogen-bond acceptors (Lipinski definition) is 7. The molecule has 216 valence electrons. The number of nitrogens with zero attached hydrogens (tertiary/aromatic N) is 3. The van der Waals surface area contributed by atoms with E-state index in [9.17, 15) is 17.6 Å². The summed E-state index contributed by atoms with van der Waals surface area (Å²) in [4.78, 5) is 22.6. The lowest BCUT2D eigenvalue weighted by molar-refractivity contribution is 0.0964. The number of rotatable bonds is 6. The van der Waals surface area contributed by atoms with Crippen molar-refractivity contribution in [2.24, 2.45) is 0 Å². The number of carbonyl (C=O) groups is 1. The van der Waals surface area contributed by atoms with Gasteiger partial charge in [0.2, 0.25) is 10.0 Å². The Morgan fingerprint density at radius 2 is 1.91 bits per heavy atom.